The van der Waals surface area contributed by atoms with Gasteiger partial charge in [-0.25, -0.2) is 0 Å². The highest BCUT2D eigenvalue weighted by Crippen LogP contribution is 2.10. The fourth-order valence-corrected chi connectivity index (χ4v) is 2.47. The fraction of sp³-hybridized carbons (Fsp3) is 0.895. The molecule has 0 amide bonds. The minimum atomic E-state index is -0.346. The summed E-state index contributed by atoms with van der Waals surface area (Å²) in [4.78, 5) is 23.1. The van der Waals surface area contributed by atoms with Crippen molar-refractivity contribution >= 4 is 11.8 Å². The Morgan fingerprint density at radius 3 is 1.77 bits per heavy atom. The van der Waals surface area contributed by atoms with Crippen LogP contribution < -0.4 is 0 Å². The highest BCUT2D eigenvalue weighted by Gasteiger charge is 2.10. The lowest BCUT2D eigenvalue weighted by molar-refractivity contribution is -0.146. The van der Waals surface area contributed by atoms with Crippen molar-refractivity contribution in [1.82, 2.24) is 0 Å². The molecule has 0 unspecified atom stereocenters. The first-order valence-corrected chi connectivity index (χ1v) is 9.38. The molecule has 0 aliphatic rings. The van der Waals surface area contributed by atoms with E-state index in [9.17, 15) is 9.59 Å². The maximum atomic E-state index is 11.7. The van der Waals surface area contributed by atoms with Gasteiger partial charge in [-0.15, -0.1) is 0 Å². The van der Waals surface area contributed by atoms with Crippen LogP contribution in [-0.4, -0.2) is 18.4 Å². The van der Waals surface area contributed by atoms with Crippen molar-refractivity contribution in [1.29, 1.82) is 0 Å². The molecule has 0 spiro atoms. The van der Waals surface area contributed by atoms with Crippen LogP contribution in [-0.2, 0) is 14.3 Å². The van der Waals surface area contributed by atoms with Crippen molar-refractivity contribution in [3.63, 3.8) is 0 Å². The van der Waals surface area contributed by atoms with E-state index in [-0.39, 0.29) is 18.2 Å². The minimum absolute atomic E-state index is 0.0320. The molecule has 3 nitrogen and oxygen atoms in total. The van der Waals surface area contributed by atoms with E-state index in [1.165, 1.54) is 51.4 Å². The molecule has 0 aromatic carbocycles. The second-order valence-electron chi connectivity index (χ2n) is 6.22. The van der Waals surface area contributed by atoms with Crippen molar-refractivity contribution in [2.45, 2.75) is 104 Å². The highest BCUT2D eigenvalue weighted by atomic mass is 16.5. The molecular weight excluding hydrogens is 276 g/mol. The maximum Gasteiger partial charge on any atom is 0.313 e. The number of unbranched alkanes of at least 4 members (excludes halogenated alkanes) is 10. The SMILES string of the molecule is CCCCCCCCCCC(=O)CC(=O)OCCCCCC. The molecule has 0 heterocycles. The summed E-state index contributed by atoms with van der Waals surface area (Å²) in [5, 5.41) is 0. The standard InChI is InChI=1S/C19H36O3/c1-3-5-7-9-10-11-12-13-15-18(20)17-19(21)22-16-14-8-6-4-2/h3-17H2,1-2H3. The molecule has 0 saturated heterocycles. The summed E-state index contributed by atoms with van der Waals surface area (Å²) in [6.45, 7) is 4.83. The molecule has 130 valence electrons. The average molecular weight is 312 g/mol. The zero-order chi connectivity index (χ0) is 16.5. The highest BCUT2D eigenvalue weighted by molar-refractivity contribution is 5.95. The topological polar surface area (TPSA) is 43.4 Å². The number of esters is 1. The number of ketones is 1. The van der Waals surface area contributed by atoms with Crippen LogP contribution in [0.4, 0.5) is 0 Å². The molecule has 0 aromatic heterocycles. The van der Waals surface area contributed by atoms with Gasteiger partial charge in [-0.2, -0.15) is 0 Å². The number of rotatable bonds is 16. The average Bonchev–Trinajstić information content (AvgIpc) is 2.49. The van der Waals surface area contributed by atoms with Crippen LogP contribution in [0.5, 0.6) is 0 Å². The summed E-state index contributed by atoms with van der Waals surface area (Å²) in [5.41, 5.74) is 0. The molecule has 0 saturated carbocycles. The number of ether oxygens (including phenoxy) is 1. The minimum Gasteiger partial charge on any atom is -0.465 e. The molecule has 0 atom stereocenters. The largest absolute Gasteiger partial charge is 0.465 e. The molecule has 0 aliphatic heterocycles. The smallest absolute Gasteiger partial charge is 0.313 e. The zero-order valence-electron chi connectivity index (χ0n) is 14.8. The van der Waals surface area contributed by atoms with E-state index in [2.05, 4.69) is 13.8 Å². The van der Waals surface area contributed by atoms with E-state index in [1.807, 2.05) is 0 Å². The molecule has 0 radical (unpaired) electrons. The summed E-state index contributed by atoms with van der Waals surface area (Å²) < 4.78 is 5.08. The summed E-state index contributed by atoms with van der Waals surface area (Å²) in [7, 11) is 0. The van der Waals surface area contributed by atoms with Crippen LogP contribution in [0.25, 0.3) is 0 Å². The number of hydrogen-bond acceptors (Lipinski definition) is 3. The molecule has 0 N–H and O–H groups in total. The van der Waals surface area contributed by atoms with Gasteiger partial charge >= 0.3 is 5.97 Å². The Morgan fingerprint density at radius 2 is 1.18 bits per heavy atom. The predicted octanol–water partition coefficient (Wildman–Crippen LogP) is 5.60. The molecule has 0 aliphatic carbocycles. The Balaban J connectivity index is 3.35. The van der Waals surface area contributed by atoms with Crippen molar-refractivity contribution in [2.75, 3.05) is 6.61 Å². The van der Waals surface area contributed by atoms with E-state index in [0.717, 1.165) is 25.7 Å². The van der Waals surface area contributed by atoms with Gasteiger partial charge in [0.25, 0.3) is 0 Å². The lowest BCUT2D eigenvalue weighted by Gasteiger charge is -2.04. The van der Waals surface area contributed by atoms with Crippen molar-refractivity contribution < 1.29 is 14.3 Å². The monoisotopic (exact) mass is 312 g/mol. The third-order valence-electron chi connectivity index (χ3n) is 3.91. The van der Waals surface area contributed by atoms with E-state index in [1.54, 1.807) is 0 Å². The van der Waals surface area contributed by atoms with Crippen molar-refractivity contribution in [3.05, 3.63) is 0 Å². The normalized spacial score (nSPS) is 10.6. The third kappa shape index (κ3) is 15.5. The summed E-state index contributed by atoms with van der Waals surface area (Å²) in [6.07, 6.45) is 14.6. The van der Waals surface area contributed by atoms with Gasteiger partial charge in [0.2, 0.25) is 0 Å². The van der Waals surface area contributed by atoms with Crippen LogP contribution >= 0.6 is 0 Å². The van der Waals surface area contributed by atoms with Gasteiger partial charge in [0.1, 0.15) is 12.2 Å². The van der Waals surface area contributed by atoms with Gasteiger partial charge in [0, 0.05) is 6.42 Å². The number of carbonyl (C=O) groups is 2. The summed E-state index contributed by atoms with van der Waals surface area (Å²) >= 11 is 0. The van der Waals surface area contributed by atoms with Gasteiger partial charge < -0.3 is 4.74 Å². The first-order chi connectivity index (χ1) is 10.7. The summed E-state index contributed by atoms with van der Waals surface area (Å²) in [6, 6.07) is 0. The van der Waals surface area contributed by atoms with Gasteiger partial charge in [-0.3, -0.25) is 9.59 Å². The quantitative estimate of drug-likeness (QED) is 0.212. The Labute approximate surface area is 137 Å². The molecule has 0 fully saturated rings. The Morgan fingerprint density at radius 1 is 0.682 bits per heavy atom. The first-order valence-electron chi connectivity index (χ1n) is 9.38. The molecule has 22 heavy (non-hydrogen) atoms. The molecule has 0 bridgehead atoms. The molecular formula is C19H36O3. The number of carbonyl (C=O) groups excluding carboxylic acids is 2. The number of Topliss-reactive ketones (excluding diaryl/α,β-unsaturated/α-hetero) is 1. The third-order valence-corrected chi connectivity index (χ3v) is 3.91. The van der Waals surface area contributed by atoms with Gasteiger partial charge in [-0.05, 0) is 12.8 Å². The Bertz CT molecular complexity index is 274. The summed E-state index contributed by atoms with van der Waals surface area (Å²) in [5.74, 6) is -0.314. The van der Waals surface area contributed by atoms with E-state index in [4.69, 9.17) is 4.74 Å². The van der Waals surface area contributed by atoms with Gasteiger partial charge in [-0.1, -0.05) is 78.1 Å². The Hall–Kier alpha value is -0.860. The van der Waals surface area contributed by atoms with Crippen LogP contribution in [0.3, 0.4) is 0 Å². The predicted molar refractivity (Wildman–Crippen MR) is 92.0 cm³/mol. The van der Waals surface area contributed by atoms with E-state index >= 15 is 0 Å². The molecule has 0 aromatic rings. The van der Waals surface area contributed by atoms with Crippen LogP contribution in [0.15, 0.2) is 0 Å². The van der Waals surface area contributed by atoms with Crippen LogP contribution in [0.2, 0.25) is 0 Å². The van der Waals surface area contributed by atoms with Crippen LogP contribution in [0.1, 0.15) is 104 Å². The van der Waals surface area contributed by atoms with Crippen molar-refractivity contribution in [3.8, 4) is 0 Å². The van der Waals surface area contributed by atoms with Crippen LogP contribution in [0, 0.1) is 0 Å². The lowest BCUT2D eigenvalue weighted by Crippen LogP contribution is -2.12. The van der Waals surface area contributed by atoms with E-state index in [0.29, 0.717) is 13.0 Å². The number of hydrogen-bond donors (Lipinski definition) is 0. The second kappa shape index (κ2) is 16.5. The lowest BCUT2D eigenvalue weighted by atomic mass is 10.1. The van der Waals surface area contributed by atoms with E-state index < -0.39 is 0 Å². The van der Waals surface area contributed by atoms with Crippen molar-refractivity contribution in [2.24, 2.45) is 0 Å². The second-order valence-corrected chi connectivity index (χ2v) is 6.22. The Kier molecular flexibility index (Phi) is 15.9. The van der Waals surface area contributed by atoms with Gasteiger partial charge in [0.15, 0.2) is 0 Å². The maximum absolute atomic E-state index is 11.7. The zero-order valence-corrected chi connectivity index (χ0v) is 14.8. The first kappa shape index (κ1) is 21.1. The molecule has 3 heteroatoms. The fourth-order valence-electron chi connectivity index (χ4n) is 2.47. The van der Waals surface area contributed by atoms with Gasteiger partial charge in [0.05, 0.1) is 6.61 Å². The molecule has 0 rings (SSSR count).